The van der Waals surface area contributed by atoms with Crippen molar-refractivity contribution in [3.05, 3.63) is 182 Å². The van der Waals surface area contributed by atoms with Crippen LogP contribution in [0.5, 0.6) is 0 Å². The fourth-order valence-electron chi connectivity index (χ4n) is 9.47. The van der Waals surface area contributed by atoms with E-state index in [1.165, 1.54) is 126 Å². The molecular formula is C54H30S3. The highest BCUT2D eigenvalue weighted by atomic mass is 32.1. The predicted molar refractivity (Wildman–Crippen MR) is 254 cm³/mol. The molecule has 3 aromatic heterocycles. The van der Waals surface area contributed by atoms with E-state index in [0.717, 1.165) is 0 Å². The Labute approximate surface area is 340 Å². The van der Waals surface area contributed by atoms with Gasteiger partial charge in [-0.05, 0) is 102 Å². The highest BCUT2D eigenvalue weighted by molar-refractivity contribution is 7.30. The molecule has 264 valence electrons. The van der Waals surface area contributed by atoms with Crippen molar-refractivity contribution in [3.63, 3.8) is 0 Å². The first-order chi connectivity index (χ1) is 28.2. The Bertz CT molecular complexity index is 3740. The van der Waals surface area contributed by atoms with Gasteiger partial charge in [-0.1, -0.05) is 146 Å². The molecular weight excluding hydrogens is 745 g/mol. The molecule has 0 atom stereocenters. The highest BCUT2D eigenvalue weighted by Crippen LogP contribution is 2.48. The molecule has 0 amide bonds. The third-order valence-electron chi connectivity index (χ3n) is 12.1. The first-order valence-corrected chi connectivity index (χ1v) is 21.9. The highest BCUT2D eigenvalue weighted by Gasteiger charge is 2.19. The van der Waals surface area contributed by atoms with Crippen molar-refractivity contribution in [2.45, 2.75) is 0 Å². The molecule has 3 heterocycles. The quantitative estimate of drug-likeness (QED) is 0.157. The molecule has 13 rings (SSSR count). The number of thiophene rings is 3. The third kappa shape index (κ3) is 4.65. The molecule has 57 heavy (non-hydrogen) atoms. The van der Waals surface area contributed by atoms with Crippen LogP contribution in [-0.4, -0.2) is 0 Å². The Morgan fingerprint density at radius 3 is 1.46 bits per heavy atom. The van der Waals surface area contributed by atoms with Gasteiger partial charge in [-0.3, -0.25) is 0 Å². The monoisotopic (exact) mass is 774 g/mol. The summed E-state index contributed by atoms with van der Waals surface area (Å²) >= 11 is 5.72. The van der Waals surface area contributed by atoms with Gasteiger partial charge in [0, 0.05) is 60.5 Å². The number of fused-ring (bicyclic) bond motifs is 14. The van der Waals surface area contributed by atoms with E-state index in [1.54, 1.807) is 0 Å². The summed E-state index contributed by atoms with van der Waals surface area (Å²) in [6.45, 7) is 0. The average molecular weight is 775 g/mol. The summed E-state index contributed by atoms with van der Waals surface area (Å²) in [6, 6.07) is 68.2. The normalized spacial score (nSPS) is 12.2. The molecule has 0 nitrogen and oxygen atoms in total. The standard InChI is InChI=1S/C54H30S3/c1-3-13-41-39(11-1)50(40-12-2-4-14-42(40)51(41)35-23-27-48-45(30-35)38-10-6-7-15-46(38)55-48)32-19-17-31(18-20-32)33-21-24-36-34(29-33)22-25-44-52-49(57-53(36)44)28-26-43-37-9-5-8-16-47(37)56-54(43)52/h1-30H. The van der Waals surface area contributed by atoms with Crippen LogP contribution >= 0.6 is 34.0 Å². The van der Waals surface area contributed by atoms with Crippen molar-refractivity contribution in [2.24, 2.45) is 0 Å². The van der Waals surface area contributed by atoms with Crippen molar-refractivity contribution < 1.29 is 0 Å². The topological polar surface area (TPSA) is 0 Å². The maximum absolute atomic E-state index is 2.41. The zero-order chi connectivity index (χ0) is 37.2. The van der Waals surface area contributed by atoms with Crippen LogP contribution in [0.3, 0.4) is 0 Å². The molecule has 0 aliphatic heterocycles. The first kappa shape index (κ1) is 31.8. The Morgan fingerprint density at radius 2 is 0.737 bits per heavy atom. The van der Waals surface area contributed by atoms with E-state index >= 15 is 0 Å². The summed E-state index contributed by atoms with van der Waals surface area (Å²) in [5, 5.41) is 15.9. The number of rotatable bonds is 3. The minimum atomic E-state index is 1.23. The van der Waals surface area contributed by atoms with Gasteiger partial charge in [0.2, 0.25) is 0 Å². The maximum atomic E-state index is 2.41. The molecule has 0 bridgehead atoms. The Morgan fingerprint density at radius 1 is 0.246 bits per heavy atom. The minimum absolute atomic E-state index is 1.23. The lowest BCUT2D eigenvalue weighted by Gasteiger charge is -2.18. The van der Waals surface area contributed by atoms with Crippen LogP contribution in [0.15, 0.2) is 182 Å². The lowest BCUT2D eigenvalue weighted by atomic mass is 9.85. The van der Waals surface area contributed by atoms with Gasteiger partial charge in [-0.2, -0.15) is 0 Å². The molecule has 10 aromatic carbocycles. The van der Waals surface area contributed by atoms with Gasteiger partial charge >= 0.3 is 0 Å². The molecule has 0 N–H and O–H groups in total. The van der Waals surface area contributed by atoms with Gasteiger partial charge < -0.3 is 0 Å². The largest absolute Gasteiger partial charge is 0.135 e. The number of benzene rings is 10. The fraction of sp³-hybridized carbons (Fsp3) is 0. The predicted octanol–water partition coefficient (Wildman–Crippen LogP) is 17.3. The summed E-state index contributed by atoms with van der Waals surface area (Å²) in [5.74, 6) is 0. The minimum Gasteiger partial charge on any atom is -0.135 e. The summed E-state index contributed by atoms with van der Waals surface area (Å²) in [6.07, 6.45) is 0. The summed E-state index contributed by atoms with van der Waals surface area (Å²) < 4.78 is 8.17. The molecule has 13 aromatic rings. The van der Waals surface area contributed by atoms with Crippen LogP contribution in [0.25, 0.3) is 126 Å². The van der Waals surface area contributed by atoms with E-state index in [0.29, 0.717) is 0 Å². The van der Waals surface area contributed by atoms with Crippen molar-refractivity contribution in [1.29, 1.82) is 0 Å². The Kier molecular flexibility index (Phi) is 6.73. The van der Waals surface area contributed by atoms with Crippen LogP contribution in [0, 0.1) is 0 Å². The molecule has 0 saturated carbocycles. The second-order valence-electron chi connectivity index (χ2n) is 15.1. The van der Waals surface area contributed by atoms with Crippen LogP contribution < -0.4 is 0 Å². The van der Waals surface area contributed by atoms with Crippen LogP contribution in [0.1, 0.15) is 0 Å². The Balaban J connectivity index is 0.927. The molecule has 0 fully saturated rings. The lowest BCUT2D eigenvalue weighted by Crippen LogP contribution is -1.91. The van der Waals surface area contributed by atoms with Gasteiger partial charge in [-0.15, -0.1) is 34.0 Å². The van der Waals surface area contributed by atoms with E-state index in [2.05, 4.69) is 182 Å². The third-order valence-corrected chi connectivity index (χ3v) is 15.6. The second-order valence-corrected chi connectivity index (χ2v) is 18.3. The van der Waals surface area contributed by atoms with Crippen molar-refractivity contribution in [2.75, 3.05) is 0 Å². The van der Waals surface area contributed by atoms with E-state index in [9.17, 15) is 0 Å². The molecule has 3 heteroatoms. The fourth-order valence-corrected chi connectivity index (χ4v) is 13.1. The van der Waals surface area contributed by atoms with Gasteiger partial charge in [0.25, 0.3) is 0 Å². The van der Waals surface area contributed by atoms with E-state index < -0.39 is 0 Å². The lowest BCUT2D eigenvalue weighted by molar-refractivity contribution is 1.63. The Hall–Kier alpha value is -6.36. The smallest absolute Gasteiger partial charge is 0.0448 e. The van der Waals surface area contributed by atoms with Gasteiger partial charge in [0.15, 0.2) is 0 Å². The zero-order valence-electron chi connectivity index (χ0n) is 30.5. The second kappa shape index (κ2) is 12.1. The molecule has 0 radical (unpaired) electrons. The molecule has 0 spiro atoms. The van der Waals surface area contributed by atoms with E-state index in [-0.39, 0.29) is 0 Å². The number of hydrogen-bond acceptors (Lipinski definition) is 3. The van der Waals surface area contributed by atoms with Gasteiger partial charge in [0.1, 0.15) is 0 Å². The maximum Gasteiger partial charge on any atom is 0.0448 e. The average Bonchev–Trinajstić information content (AvgIpc) is 3.96. The van der Waals surface area contributed by atoms with Crippen molar-refractivity contribution >= 4 is 127 Å². The van der Waals surface area contributed by atoms with E-state index in [1.807, 2.05) is 34.0 Å². The zero-order valence-corrected chi connectivity index (χ0v) is 33.0. The van der Waals surface area contributed by atoms with Gasteiger partial charge in [0.05, 0.1) is 0 Å². The summed E-state index contributed by atoms with van der Waals surface area (Å²) in [5.41, 5.74) is 7.55. The SMILES string of the molecule is c1ccc2c(c1)sc1ccc(-c3c4ccccc4c(-c4ccc(-c5ccc6c(ccc7c6sc6ccc8c9ccccc9sc8c67)c5)cc4)c4ccccc34)cc12. The molecule has 0 saturated heterocycles. The summed E-state index contributed by atoms with van der Waals surface area (Å²) in [4.78, 5) is 0. The number of hydrogen-bond donors (Lipinski definition) is 0. The summed E-state index contributed by atoms with van der Waals surface area (Å²) in [7, 11) is 0. The van der Waals surface area contributed by atoms with Crippen molar-refractivity contribution in [1.82, 2.24) is 0 Å². The van der Waals surface area contributed by atoms with Crippen LogP contribution in [0.2, 0.25) is 0 Å². The van der Waals surface area contributed by atoms with Crippen molar-refractivity contribution in [3.8, 4) is 33.4 Å². The first-order valence-electron chi connectivity index (χ1n) is 19.4. The molecule has 0 unspecified atom stereocenters. The van der Waals surface area contributed by atoms with Crippen LogP contribution in [0.4, 0.5) is 0 Å². The molecule has 0 aliphatic carbocycles. The van der Waals surface area contributed by atoms with Crippen LogP contribution in [-0.2, 0) is 0 Å². The van der Waals surface area contributed by atoms with E-state index in [4.69, 9.17) is 0 Å². The molecule has 0 aliphatic rings. The van der Waals surface area contributed by atoms with Gasteiger partial charge in [-0.25, -0.2) is 0 Å².